The van der Waals surface area contributed by atoms with E-state index in [1.807, 2.05) is 6.92 Å². The molecular weight excluding hydrogens is 418 g/mol. The van der Waals surface area contributed by atoms with E-state index >= 15 is 0 Å². The molecule has 0 saturated carbocycles. The third-order valence-electron chi connectivity index (χ3n) is 5.59. The van der Waals surface area contributed by atoms with Crippen LogP contribution in [0, 0.1) is 0 Å². The van der Waals surface area contributed by atoms with E-state index in [0.717, 1.165) is 19.3 Å². The Kier molecular flexibility index (Phi) is 5.97. The summed E-state index contributed by atoms with van der Waals surface area (Å²) >= 11 is 0. The number of sulfonamides is 1. The lowest BCUT2D eigenvalue weighted by Gasteiger charge is -2.26. The minimum absolute atomic E-state index is 0.0339. The Morgan fingerprint density at radius 3 is 2.61 bits per heavy atom. The summed E-state index contributed by atoms with van der Waals surface area (Å²) in [5.41, 5.74) is 0.0634. The van der Waals surface area contributed by atoms with Gasteiger partial charge in [-0.05, 0) is 50.1 Å². The van der Waals surface area contributed by atoms with Gasteiger partial charge in [-0.3, -0.25) is 9.59 Å². The normalized spacial score (nSPS) is 15.3. The highest BCUT2D eigenvalue weighted by atomic mass is 32.2. The van der Waals surface area contributed by atoms with Gasteiger partial charge in [0, 0.05) is 31.2 Å². The Bertz CT molecular complexity index is 1260. The Balaban J connectivity index is 1.74. The van der Waals surface area contributed by atoms with Crippen LogP contribution in [0.5, 0.6) is 0 Å². The van der Waals surface area contributed by atoms with E-state index in [9.17, 15) is 18.0 Å². The Hall–Kier alpha value is -2.91. The molecule has 1 amide bonds. The fraction of sp³-hybridized carbons (Fsp3) is 0.364. The quantitative estimate of drug-likeness (QED) is 0.631. The number of benzene rings is 1. The largest absolute Gasteiger partial charge is 0.467 e. The predicted octanol–water partition coefficient (Wildman–Crippen LogP) is 2.72. The zero-order valence-corrected chi connectivity index (χ0v) is 18.2. The first-order valence-corrected chi connectivity index (χ1v) is 11.8. The molecule has 0 unspecified atom stereocenters. The van der Waals surface area contributed by atoms with Crippen molar-refractivity contribution in [3.63, 3.8) is 0 Å². The average molecular weight is 444 g/mol. The van der Waals surface area contributed by atoms with Crippen LogP contribution >= 0.6 is 0 Å². The highest BCUT2D eigenvalue weighted by Crippen LogP contribution is 2.23. The summed E-state index contributed by atoms with van der Waals surface area (Å²) in [6, 6.07) is 8.02. The average Bonchev–Trinajstić information content (AvgIpc) is 3.32. The summed E-state index contributed by atoms with van der Waals surface area (Å²) in [5, 5.41) is 2.90. The summed E-state index contributed by atoms with van der Waals surface area (Å²) in [6.45, 7) is 3.53. The molecule has 1 saturated heterocycles. The van der Waals surface area contributed by atoms with Gasteiger partial charge in [-0.1, -0.05) is 6.42 Å². The lowest BCUT2D eigenvalue weighted by atomic mass is 10.1. The van der Waals surface area contributed by atoms with Gasteiger partial charge in [0.25, 0.3) is 5.91 Å². The van der Waals surface area contributed by atoms with Crippen LogP contribution < -0.4 is 10.7 Å². The van der Waals surface area contributed by atoms with Crippen LogP contribution in [-0.2, 0) is 23.1 Å². The van der Waals surface area contributed by atoms with Crippen molar-refractivity contribution in [2.45, 2.75) is 44.2 Å². The molecule has 0 spiro atoms. The summed E-state index contributed by atoms with van der Waals surface area (Å²) in [7, 11) is -3.69. The zero-order valence-electron chi connectivity index (χ0n) is 17.3. The van der Waals surface area contributed by atoms with Crippen LogP contribution in [0.25, 0.3) is 10.9 Å². The minimum atomic E-state index is -3.69. The van der Waals surface area contributed by atoms with Crippen LogP contribution in [0.15, 0.2) is 56.9 Å². The fourth-order valence-corrected chi connectivity index (χ4v) is 5.43. The highest BCUT2D eigenvalue weighted by Gasteiger charge is 2.27. The van der Waals surface area contributed by atoms with Crippen molar-refractivity contribution in [2.75, 3.05) is 13.1 Å². The number of pyridine rings is 1. The molecule has 1 N–H and O–H groups in total. The van der Waals surface area contributed by atoms with E-state index in [1.54, 1.807) is 22.8 Å². The maximum absolute atomic E-state index is 13.1. The van der Waals surface area contributed by atoms with Gasteiger partial charge in [-0.25, -0.2) is 8.42 Å². The van der Waals surface area contributed by atoms with Crippen LogP contribution in [0.1, 0.15) is 42.3 Å². The molecule has 1 aliphatic rings. The monoisotopic (exact) mass is 443 g/mol. The van der Waals surface area contributed by atoms with Gasteiger partial charge < -0.3 is 14.3 Å². The SMILES string of the molecule is CCn1cc(C(=O)NCc2ccco2)c(=O)c2cc(S(=O)(=O)N3CCCCC3)ccc21. The number of aromatic nitrogens is 1. The summed E-state index contributed by atoms with van der Waals surface area (Å²) in [5.74, 6) is 0.0367. The Morgan fingerprint density at radius 1 is 1.16 bits per heavy atom. The Labute approximate surface area is 180 Å². The smallest absolute Gasteiger partial charge is 0.257 e. The second kappa shape index (κ2) is 8.68. The molecule has 3 aromatic rings. The predicted molar refractivity (Wildman–Crippen MR) is 116 cm³/mol. The van der Waals surface area contributed by atoms with Gasteiger partial charge in [0.1, 0.15) is 11.3 Å². The first-order chi connectivity index (χ1) is 14.9. The van der Waals surface area contributed by atoms with Crippen LogP contribution in [0.3, 0.4) is 0 Å². The van der Waals surface area contributed by atoms with Crippen molar-refractivity contribution in [3.8, 4) is 0 Å². The molecule has 3 heterocycles. The van der Waals surface area contributed by atoms with Gasteiger partial charge in [0.05, 0.1) is 23.2 Å². The number of aryl methyl sites for hydroxylation is 1. The number of piperidine rings is 1. The molecule has 8 nitrogen and oxygen atoms in total. The molecule has 0 atom stereocenters. The van der Waals surface area contributed by atoms with Crippen molar-refractivity contribution >= 4 is 26.8 Å². The van der Waals surface area contributed by atoms with Crippen LogP contribution in [0.4, 0.5) is 0 Å². The number of fused-ring (bicyclic) bond motifs is 1. The maximum Gasteiger partial charge on any atom is 0.257 e. The number of nitrogens with one attached hydrogen (secondary N) is 1. The van der Waals surface area contributed by atoms with Crippen molar-refractivity contribution < 1.29 is 17.6 Å². The third kappa shape index (κ3) is 4.15. The van der Waals surface area contributed by atoms with E-state index in [1.165, 1.54) is 28.9 Å². The van der Waals surface area contributed by atoms with Gasteiger partial charge in [0.15, 0.2) is 0 Å². The van der Waals surface area contributed by atoms with Gasteiger partial charge in [-0.2, -0.15) is 4.31 Å². The number of rotatable bonds is 6. The minimum Gasteiger partial charge on any atom is -0.467 e. The zero-order chi connectivity index (χ0) is 22.0. The molecule has 0 aliphatic carbocycles. The molecule has 1 aromatic carbocycles. The number of amides is 1. The highest BCUT2D eigenvalue weighted by molar-refractivity contribution is 7.89. The van der Waals surface area contributed by atoms with Crippen molar-refractivity contribution in [2.24, 2.45) is 0 Å². The number of nitrogens with zero attached hydrogens (tertiary/aromatic N) is 2. The molecule has 0 bridgehead atoms. The topological polar surface area (TPSA) is 102 Å². The molecule has 9 heteroatoms. The van der Waals surface area contributed by atoms with Gasteiger partial charge in [0.2, 0.25) is 15.5 Å². The van der Waals surface area contributed by atoms with E-state index < -0.39 is 21.4 Å². The van der Waals surface area contributed by atoms with E-state index in [0.29, 0.717) is 30.9 Å². The van der Waals surface area contributed by atoms with Crippen LogP contribution in [0.2, 0.25) is 0 Å². The Morgan fingerprint density at radius 2 is 1.94 bits per heavy atom. The maximum atomic E-state index is 13.1. The standard InChI is InChI=1S/C22H25N3O5S/c1-2-24-15-19(22(27)23-14-16-7-6-12-30-16)21(26)18-13-17(8-9-20(18)24)31(28,29)25-10-4-3-5-11-25/h6-9,12-13,15H,2-5,10-11,14H2,1H3,(H,23,27). The van der Waals surface area contributed by atoms with Crippen molar-refractivity contribution in [3.05, 3.63) is 64.3 Å². The first-order valence-electron chi connectivity index (χ1n) is 10.4. The second-order valence-corrected chi connectivity index (χ2v) is 9.50. The lowest BCUT2D eigenvalue weighted by molar-refractivity contribution is 0.0946. The molecule has 31 heavy (non-hydrogen) atoms. The third-order valence-corrected chi connectivity index (χ3v) is 7.49. The number of furan rings is 1. The van der Waals surface area contributed by atoms with E-state index in [-0.39, 0.29) is 22.4 Å². The van der Waals surface area contributed by atoms with Crippen molar-refractivity contribution in [1.29, 1.82) is 0 Å². The summed E-state index contributed by atoms with van der Waals surface area (Å²) < 4.78 is 34.6. The van der Waals surface area contributed by atoms with Gasteiger partial charge in [-0.15, -0.1) is 0 Å². The number of hydrogen-bond donors (Lipinski definition) is 1. The first kappa shape index (κ1) is 21.3. The fourth-order valence-electron chi connectivity index (χ4n) is 3.89. The molecule has 1 fully saturated rings. The van der Waals surface area contributed by atoms with E-state index in [2.05, 4.69) is 5.32 Å². The lowest BCUT2D eigenvalue weighted by Crippen LogP contribution is -2.35. The molecule has 164 valence electrons. The number of hydrogen-bond acceptors (Lipinski definition) is 5. The van der Waals surface area contributed by atoms with Gasteiger partial charge >= 0.3 is 0 Å². The molecular formula is C22H25N3O5S. The van der Waals surface area contributed by atoms with Crippen molar-refractivity contribution in [1.82, 2.24) is 14.2 Å². The second-order valence-electron chi connectivity index (χ2n) is 7.56. The molecule has 2 aromatic heterocycles. The summed E-state index contributed by atoms with van der Waals surface area (Å²) in [6.07, 6.45) is 5.69. The molecule has 1 aliphatic heterocycles. The number of carbonyl (C=O) groups is 1. The van der Waals surface area contributed by atoms with E-state index in [4.69, 9.17) is 4.42 Å². The molecule has 4 rings (SSSR count). The molecule has 0 radical (unpaired) electrons. The summed E-state index contributed by atoms with van der Waals surface area (Å²) in [4.78, 5) is 25.9. The van der Waals surface area contributed by atoms with Crippen LogP contribution in [-0.4, -0.2) is 36.3 Å². The number of carbonyl (C=O) groups excluding carboxylic acids is 1.